The van der Waals surface area contributed by atoms with E-state index in [4.69, 9.17) is 21.1 Å². The average Bonchev–Trinajstić information content (AvgIpc) is 2.67. The zero-order valence-electron chi connectivity index (χ0n) is 17.3. The number of ether oxygens (including phenoxy) is 2. The summed E-state index contributed by atoms with van der Waals surface area (Å²) in [6.45, 7) is 9.89. The first kappa shape index (κ1) is 21.2. The summed E-state index contributed by atoms with van der Waals surface area (Å²) in [5.74, 6) is 1.06. The van der Waals surface area contributed by atoms with Crippen LogP contribution in [-0.4, -0.2) is 52.7 Å². The molecule has 1 fully saturated rings. The van der Waals surface area contributed by atoms with Crippen LogP contribution in [0.5, 0.6) is 5.88 Å². The SMILES string of the molecule is CC(Oc1ccnc(N2CCN(C(=O)OC(C)(C)C)CC2)n1)c1ccccc1Cl. The molecular formula is C21H27ClN4O3. The van der Waals surface area contributed by atoms with E-state index in [1.165, 1.54) is 0 Å². The van der Waals surface area contributed by atoms with Crippen LogP contribution < -0.4 is 9.64 Å². The maximum atomic E-state index is 12.2. The Balaban J connectivity index is 1.61. The van der Waals surface area contributed by atoms with E-state index in [0.29, 0.717) is 43.0 Å². The molecule has 0 aliphatic carbocycles. The predicted molar refractivity (Wildman–Crippen MR) is 113 cm³/mol. The lowest BCUT2D eigenvalue weighted by Crippen LogP contribution is -2.50. The third-order valence-corrected chi connectivity index (χ3v) is 4.82. The number of piperazine rings is 1. The van der Waals surface area contributed by atoms with Crippen LogP contribution in [0.1, 0.15) is 39.4 Å². The Hall–Kier alpha value is -2.54. The van der Waals surface area contributed by atoms with Crippen molar-refractivity contribution in [1.29, 1.82) is 0 Å². The van der Waals surface area contributed by atoms with E-state index in [-0.39, 0.29) is 12.2 Å². The molecule has 2 heterocycles. The van der Waals surface area contributed by atoms with Gasteiger partial charge in [-0.25, -0.2) is 9.78 Å². The second kappa shape index (κ2) is 8.86. The summed E-state index contributed by atoms with van der Waals surface area (Å²) in [5, 5.41) is 0.660. The molecule has 29 heavy (non-hydrogen) atoms. The van der Waals surface area contributed by atoms with Gasteiger partial charge in [-0.3, -0.25) is 0 Å². The van der Waals surface area contributed by atoms with Crippen LogP contribution in [0.3, 0.4) is 0 Å². The van der Waals surface area contributed by atoms with Crippen molar-refractivity contribution >= 4 is 23.6 Å². The van der Waals surface area contributed by atoms with Gasteiger partial charge in [0.2, 0.25) is 11.8 Å². The van der Waals surface area contributed by atoms with Crippen molar-refractivity contribution in [3.05, 3.63) is 47.1 Å². The summed E-state index contributed by atoms with van der Waals surface area (Å²) in [5.41, 5.74) is 0.404. The smallest absolute Gasteiger partial charge is 0.410 e. The second-order valence-corrected chi connectivity index (χ2v) is 8.34. The van der Waals surface area contributed by atoms with E-state index in [9.17, 15) is 4.79 Å². The second-order valence-electron chi connectivity index (χ2n) is 7.93. The molecule has 0 N–H and O–H groups in total. The standard InChI is InChI=1S/C21H27ClN4O3/c1-15(16-7-5-6-8-17(16)22)28-18-9-10-23-19(24-18)25-11-13-26(14-12-25)20(27)29-21(2,3)4/h5-10,15H,11-14H2,1-4H3. The molecule has 156 valence electrons. The van der Waals surface area contributed by atoms with Crippen molar-refractivity contribution in [3.63, 3.8) is 0 Å². The van der Waals surface area contributed by atoms with Crippen LogP contribution >= 0.6 is 11.6 Å². The summed E-state index contributed by atoms with van der Waals surface area (Å²) >= 11 is 6.25. The Kier molecular flexibility index (Phi) is 6.47. The number of hydrogen-bond acceptors (Lipinski definition) is 6. The molecule has 0 bridgehead atoms. The molecule has 1 atom stereocenters. The Morgan fingerprint density at radius 2 is 1.83 bits per heavy atom. The number of benzene rings is 1. The van der Waals surface area contributed by atoms with Gasteiger partial charge >= 0.3 is 6.09 Å². The lowest BCUT2D eigenvalue weighted by atomic mass is 10.1. The largest absolute Gasteiger partial charge is 0.470 e. The van der Waals surface area contributed by atoms with E-state index in [0.717, 1.165) is 5.56 Å². The minimum Gasteiger partial charge on any atom is -0.470 e. The number of hydrogen-bond donors (Lipinski definition) is 0. The number of nitrogens with zero attached hydrogens (tertiary/aromatic N) is 4. The number of carbonyl (C=O) groups is 1. The molecule has 1 aliphatic rings. The molecule has 1 saturated heterocycles. The normalized spacial score (nSPS) is 15.8. The lowest BCUT2D eigenvalue weighted by molar-refractivity contribution is 0.0240. The Morgan fingerprint density at radius 1 is 1.14 bits per heavy atom. The molecule has 0 saturated carbocycles. The van der Waals surface area contributed by atoms with Gasteiger partial charge in [-0.2, -0.15) is 4.98 Å². The maximum absolute atomic E-state index is 12.2. The average molecular weight is 419 g/mol. The molecular weight excluding hydrogens is 392 g/mol. The minimum absolute atomic E-state index is 0.240. The molecule has 7 nitrogen and oxygen atoms in total. The summed E-state index contributed by atoms with van der Waals surface area (Å²) in [7, 11) is 0. The van der Waals surface area contributed by atoms with Crippen molar-refractivity contribution in [2.45, 2.75) is 39.4 Å². The van der Waals surface area contributed by atoms with Crippen LogP contribution in [0.4, 0.5) is 10.7 Å². The highest BCUT2D eigenvalue weighted by atomic mass is 35.5. The van der Waals surface area contributed by atoms with Gasteiger partial charge < -0.3 is 19.3 Å². The summed E-state index contributed by atoms with van der Waals surface area (Å²) in [6.07, 6.45) is 1.15. The van der Waals surface area contributed by atoms with Gasteiger partial charge in [-0.1, -0.05) is 29.8 Å². The molecule has 1 aromatic heterocycles. The molecule has 3 rings (SSSR count). The molecule has 1 aliphatic heterocycles. The topological polar surface area (TPSA) is 67.8 Å². The molecule has 1 unspecified atom stereocenters. The van der Waals surface area contributed by atoms with Crippen LogP contribution in [0.25, 0.3) is 0 Å². The number of halogens is 1. The van der Waals surface area contributed by atoms with Gasteiger partial charge in [0.15, 0.2) is 0 Å². The van der Waals surface area contributed by atoms with Gasteiger partial charge in [0.1, 0.15) is 11.7 Å². The highest BCUT2D eigenvalue weighted by molar-refractivity contribution is 6.31. The van der Waals surface area contributed by atoms with E-state index < -0.39 is 5.60 Å². The van der Waals surface area contributed by atoms with Crippen molar-refractivity contribution in [2.24, 2.45) is 0 Å². The molecule has 2 aromatic rings. The zero-order chi connectivity index (χ0) is 21.0. The monoisotopic (exact) mass is 418 g/mol. The number of anilines is 1. The third-order valence-electron chi connectivity index (χ3n) is 4.47. The summed E-state index contributed by atoms with van der Waals surface area (Å²) in [6, 6.07) is 9.32. The predicted octanol–water partition coefficient (Wildman–Crippen LogP) is 4.33. The number of aromatic nitrogens is 2. The van der Waals surface area contributed by atoms with Crippen LogP contribution in [0.15, 0.2) is 36.5 Å². The van der Waals surface area contributed by atoms with Crippen LogP contribution in [0, 0.1) is 0 Å². The highest BCUT2D eigenvalue weighted by Gasteiger charge is 2.27. The molecule has 0 spiro atoms. The van der Waals surface area contributed by atoms with Crippen molar-refractivity contribution in [2.75, 3.05) is 31.1 Å². The van der Waals surface area contributed by atoms with Gasteiger partial charge in [-0.05, 0) is 33.8 Å². The minimum atomic E-state index is -0.499. The van der Waals surface area contributed by atoms with Gasteiger partial charge in [0.25, 0.3) is 0 Å². The van der Waals surface area contributed by atoms with E-state index in [1.807, 2.05) is 56.9 Å². The number of carbonyl (C=O) groups excluding carboxylic acids is 1. The van der Waals surface area contributed by atoms with Crippen molar-refractivity contribution in [3.8, 4) is 5.88 Å². The Labute approximate surface area is 176 Å². The van der Waals surface area contributed by atoms with Crippen LogP contribution in [0.2, 0.25) is 5.02 Å². The fourth-order valence-corrected chi connectivity index (χ4v) is 3.30. The van der Waals surface area contributed by atoms with Crippen molar-refractivity contribution < 1.29 is 14.3 Å². The van der Waals surface area contributed by atoms with Crippen LogP contribution in [-0.2, 0) is 4.74 Å². The summed E-state index contributed by atoms with van der Waals surface area (Å²) in [4.78, 5) is 24.9. The van der Waals surface area contributed by atoms with Crippen molar-refractivity contribution in [1.82, 2.24) is 14.9 Å². The van der Waals surface area contributed by atoms with Gasteiger partial charge in [0.05, 0.1) is 0 Å². The lowest BCUT2D eigenvalue weighted by Gasteiger charge is -2.35. The van der Waals surface area contributed by atoms with E-state index in [2.05, 4.69) is 9.97 Å². The number of rotatable bonds is 4. The zero-order valence-corrected chi connectivity index (χ0v) is 18.0. The molecule has 8 heteroatoms. The Morgan fingerprint density at radius 3 is 2.48 bits per heavy atom. The van der Waals surface area contributed by atoms with E-state index in [1.54, 1.807) is 17.2 Å². The fourth-order valence-electron chi connectivity index (χ4n) is 3.02. The molecule has 1 aromatic carbocycles. The molecule has 1 amide bonds. The molecule has 0 radical (unpaired) electrons. The van der Waals surface area contributed by atoms with E-state index >= 15 is 0 Å². The number of amides is 1. The highest BCUT2D eigenvalue weighted by Crippen LogP contribution is 2.27. The quantitative estimate of drug-likeness (QED) is 0.736. The van der Waals surface area contributed by atoms with Gasteiger partial charge in [-0.15, -0.1) is 0 Å². The Bertz CT molecular complexity index is 848. The first-order valence-corrected chi connectivity index (χ1v) is 10.1. The fraction of sp³-hybridized carbons (Fsp3) is 0.476. The summed E-state index contributed by atoms with van der Waals surface area (Å²) < 4.78 is 11.4. The van der Waals surface area contributed by atoms with Gasteiger partial charge in [0, 0.05) is 49.0 Å². The first-order valence-electron chi connectivity index (χ1n) is 9.70. The first-order chi connectivity index (χ1) is 13.7. The third kappa shape index (κ3) is 5.73. The maximum Gasteiger partial charge on any atom is 0.410 e.